The highest BCUT2D eigenvalue weighted by molar-refractivity contribution is 5.98. The Morgan fingerprint density at radius 3 is 2.48 bits per heavy atom. The molecule has 0 aromatic heterocycles. The number of amides is 3. The van der Waals surface area contributed by atoms with Gasteiger partial charge in [0.05, 0.1) is 6.42 Å². The fourth-order valence-electron chi connectivity index (χ4n) is 2.00. The van der Waals surface area contributed by atoms with Gasteiger partial charge in [0, 0.05) is 25.1 Å². The van der Waals surface area contributed by atoms with E-state index >= 15 is 0 Å². The third-order valence-electron chi connectivity index (χ3n) is 3.24. The summed E-state index contributed by atoms with van der Waals surface area (Å²) in [5, 5.41) is 2.45. The van der Waals surface area contributed by atoms with Gasteiger partial charge in [-0.15, -0.1) is 0 Å². The first kappa shape index (κ1) is 16.6. The van der Waals surface area contributed by atoms with Gasteiger partial charge in [0.2, 0.25) is 0 Å². The molecule has 1 aromatic rings. The zero-order chi connectivity index (χ0) is 16.8. The number of carbonyl (C=O) groups is 4. The molecule has 0 aliphatic carbocycles. The predicted octanol–water partition coefficient (Wildman–Crippen LogP) is 0.884. The topological polar surface area (TPSA) is 92.8 Å². The lowest BCUT2D eigenvalue weighted by Gasteiger charge is -2.11. The van der Waals surface area contributed by atoms with Gasteiger partial charge in [0.15, 0.2) is 12.4 Å². The molecule has 0 radical (unpaired) electrons. The van der Waals surface area contributed by atoms with Crippen LogP contribution in [0.4, 0.5) is 9.18 Å². The molecule has 3 amide bonds. The first-order chi connectivity index (χ1) is 11.0. The molecular formula is C15H15FN2O5. The zero-order valence-corrected chi connectivity index (χ0v) is 12.2. The van der Waals surface area contributed by atoms with Gasteiger partial charge in [-0.25, -0.2) is 9.18 Å². The lowest BCUT2D eigenvalue weighted by molar-refractivity contribution is -0.150. The van der Waals surface area contributed by atoms with Crippen LogP contribution >= 0.6 is 0 Å². The van der Waals surface area contributed by atoms with Gasteiger partial charge in [-0.3, -0.25) is 19.3 Å². The molecule has 0 unspecified atom stereocenters. The number of benzene rings is 1. The Morgan fingerprint density at radius 2 is 1.87 bits per heavy atom. The summed E-state index contributed by atoms with van der Waals surface area (Å²) >= 11 is 0. The second kappa shape index (κ2) is 7.48. The maximum absolute atomic E-state index is 12.7. The van der Waals surface area contributed by atoms with Gasteiger partial charge in [-0.2, -0.15) is 0 Å². The summed E-state index contributed by atoms with van der Waals surface area (Å²) in [6, 6.07) is 4.46. The number of hydrogen-bond acceptors (Lipinski definition) is 5. The number of urea groups is 1. The zero-order valence-electron chi connectivity index (χ0n) is 12.2. The summed E-state index contributed by atoms with van der Waals surface area (Å²) in [6.07, 6.45) is -0.307. The number of ketones is 1. The van der Waals surface area contributed by atoms with Crippen molar-refractivity contribution >= 4 is 23.7 Å². The summed E-state index contributed by atoms with van der Waals surface area (Å²) in [5.74, 6) is -2.11. The van der Waals surface area contributed by atoms with Crippen LogP contribution in [0.2, 0.25) is 0 Å². The third kappa shape index (κ3) is 4.60. The molecule has 1 fully saturated rings. The number of imide groups is 1. The average molecular weight is 322 g/mol. The lowest BCUT2D eigenvalue weighted by atomic mass is 10.1. The number of Topliss-reactive ketones (excluding diaryl/α,β-unsaturated/α-hetero) is 1. The average Bonchev–Trinajstić information content (AvgIpc) is 2.97. The second-order valence-electron chi connectivity index (χ2n) is 4.87. The molecule has 1 heterocycles. The van der Waals surface area contributed by atoms with Crippen LogP contribution in [-0.2, 0) is 14.3 Å². The number of hydrogen-bond donors (Lipinski definition) is 1. The number of esters is 1. The molecule has 0 atom stereocenters. The van der Waals surface area contributed by atoms with Crippen LogP contribution in [0.15, 0.2) is 24.3 Å². The molecule has 2 rings (SSSR count). The van der Waals surface area contributed by atoms with Crippen LogP contribution in [0.25, 0.3) is 0 Å². The van der Waals surface area contributed by atoms with Crippen LogP contribution in [0.1, 0.15) is 23.2 Å². The Balaban J connectivity index is 1.72. The fraction of sp³-hybridized carbons (Fsp3) is 0.333. The van der Waals surface area contributed by atoms with Crippen LogP contribution < -0.4 is 5.32 Å². The number of rotatable bonds is 6. The maximum Gasteiger partial charge on any atom is 0.324 e. The Kier molecular flexibility index (Phi) is 5.40. The molecule has 0 bridgehead atoms. The fourth-order valence-corrected chi connectivity index (χ4v) is 2.00. The van der Waals surface area contributed by atoms with Gasteiger partial charge in [0.1, 0.15) is 5.82 Å². The highest BCUT2D eigenvalue weighted by Gasteiger charge is 2.26. The Labute approximate surface area is 131 Å². The number of halogens is 1. The largest absolute Gasteiger partial charge is 0.456 e. The SMILES string of the molecule is O=C(CCC(=O)c1ccc(F)cc1)OCC(=O)N1CCNC1=O. The molecule has 1 aliphatic heterocycles. The van der Waals surface area contributed by atoms with Crippen LogP contribution in [0.3, 0.4) is 0 Å². The Morgan fingerprint density at radius 1 is 1.17 bits per heavy atom. The van der Waals surface area contributed by atoms with Gasteiger partial charge in [0.25, 0.3) is 5.91 Å². The molecule has 0 saturated carbocycles. The third-order valence-corrected chi connectivity index (χ3v) is 3.24. The Hall–Kier alpha value is -2.77. The first-order valence-corrected chi connectivity index (χ1v) is 7.00. The molecule has 8 heteroatoms. The monoisotopic (exact) mass is 322 g/mol. The van der Waals surface area contributed by atoms with Crippen molar-refractivity contribution in [3.8, 4) is 0 Å². The van der Waals surface area contributed by atoms with E-state index in [1.807, 2.05) is 0 Å². The molecular weight excluding hydrogens is 307 g/mol. The maximum atomic E-state index is 12.7. The summed E-state index contributed by atoms with van der Waals surface area (Å²) in [4.78, 5) is 47.2. The van der Waals surface area contributed by atoms with E-state index in [1.165, 1.54) is 12.1 Å². The van der Waals surface area contributed by atoms with Crippen molar-refractivity contribution < 1.29 is 28.3 Å². The van der Waals surface area contributed by atoms with Crippen molar-refractivity contribution in [2.45, 2.75) is 12.8 Å². The second-order valence-corrected chi connectivity index (χ2v) is 4.87. The van der Waals surface area contributed by atoms with E-state index in [0.717, 1.165) is 17.0 Å². The van der Waals surface area contributed by atoms with Crippen LogP contribution in [0, 0.1) is 5.82 Å². The molecule has 1 saturated heterocycles. The van der Waals surface area contributed by atoms with Crippen LogP contribution in [0.5, 0.6) is 0 Å². The quantitative estimate of drug-likeness (QED) is 0.620. The Bertz CT molecular complexity index is 629. The van der Waals surface area contributed by atoms with Crippen LogP contribution in [-0.4, -0.2) is 48.3 Å². The molecule has 23 heavy (non-hydrogen) atoms. The van der Waals surface area contributed by atoms with Crippen molar-refractivity contribution in [1.82, 2.24) is 10.2 Å². The van der Waals surface area contributed by atoms with Crippen molar-refractivity contribution in [2.75, 3.05) is 19.7 Å². The van der Waals surface area contributed by atoms with E-state index in [1.54, 1.807) is 0 Å². The number of ether oxygens (including phenoxy) is 1. The van der Waals surface area contributed by atoms with E-state index in [0.29, 0.717) is 12.1 Å². The van der Waals surface area contributed by atoms with Gasteiger partial charge < -0.3 is 10.1 Å². The highest BCUT2D eigenvalue weighted by atomic mass is 19.1. The van der Waals surface area contributed by atoms with E-state index in [4.69, 9.17) is 4.74 Å². The van der Waals surface area contributed by atoms with Gasteiger partial charge in [-0.05, 0) is 24.3 Å². The van der Waals surface area contributed by atoms with Gasteiger partial charge in [-0.1, -0.05) is 0 Å². The first-order valence-electron chi connectivity index (χ1n) is 7.00. The minimum atomic E-state index is -0.714. The van der Waals surface area contributed by atoms with E-state index in [2.05, 4.69) is 5.32 Å². The number of nitrogens with one attached hydrogen (secondary N) is 1. The minimum Gasteiger partial charge on any atom is -0.456 e. The molecule has 1 aromatic carbocycles. The summed E-state index contributed by atoms with van der Waals surface area (Å²) < 4.78 is 17.5. The van der Waals surface area contributed by atoms with Crippen molar-refractivity contribution in [2.24, 2.45) is 0 Å². The standard InChI is InChI=1S/C15H15FN2O5/c16-11-3-1-10(2-4-11)12(19)5-6-14(21)23-9-13(20)18-8-7-17-15(18)22/h1-4H,5-9H2,(H,17,22). The normalized spacial score (nSPS) is 13.6. The van der Waals surface area contributed by atoms with E-state index < -0.39 is 30.3 Å². The number of nitrogens with zero attached hydrogens (tertiary/aromatic N) is 1. The molecule has 122 valence electrons. The molecule has 1 aliphatic rings. The lowest BCUT2D eigenvalue weighted by Crippen LogP contribution is -2.37. The number of carbonyl (C=O) groups excluding carboxylic acids is 4. The highest BCUT2D eigenvalue weighted by Crippen LogP contribution is 2.08. The summed E-state index contributed by atoms with van der Waals surface area (Å²) in [7, 11) is 0. The predicted molar refractivity (Wildman–Crippen MR) is 76.0 cm³/mol. The van der Waals surface area contributed by atoms with Crippen molar-refractivity contribution in [1.29, 1.82) is 0 Å². The summed E-state index contributed by atoms with van der Waals surface area (Å²) in [5.41, 5.74) is 0.295. The minimum absolute atomic E-state index is 0.108. The molecule has 1 N–H and O–H groups in total. The summed E-state index contributed by atoms with van der Waals surface area (Å²) in [6.45, 7) is 0.0555. The van der Waals surface area contributed by atoms with Gasteiger partial charge >= 0.3 is 12.0 Å². The smallest absolute Gasteiger partial charge is 0.324 e. The van der Waals surface area contributed by atoms with E-state index in [9.17, 15) is 23.6 Å². The van der Waals surface area contributed by atoms with Crippen molar-refractivity contribution in [3.05, 3.63) is 35.6 Å². The molecule has 7 nitrogen and oxygen atoms in total. The van der Waals surface area contributed by atoms with Crippen molar-refractivity contribution in [3.63, 3.8) is 0 Å². The van der Waals surface area contributed by atoms with E-state index in [-0.39, 0.29) is 25.2 Å². The molecule has 0 spiro atoms.